The van der Waals surface area contributed by atoms with Crippen molar-refractivity contribution in [3.63, 3.8) is 0 Å². The van der Waals surface area contributed by atoms with Crippen LogP contribution in [0.3, 0.4) is 0 Å². The molecule has 37 heavy (non-hydrogen) atoms. The smallest absolute Gasteiger partial charge is 0.136 e. The van der Waals surface area contributed by atoms with Gasteiger partial charge in [-0.15, -0.1) is 0 Å². The molecule has 0 aliphatic rings. The Kier molecular flexibility index (Phi) is 4.40. The first-order valence-electron chi connectivity index (χ1n) is 12.3. The molecule has 0 unspecified atom stereocenters. The minimum atomic E-state index is 0.880. The average Bonchev–Trinajstić information content (AvgIpc) is 3.48. The fraction of sp³-hybridized carbons (Fsp3) is 0. The van der Waals surface area contributed by atoms with Crippen LogP contribution in [0.25, 0.3) is 76.9 Å². The third-order valence-corrected chi connectivity index (χ3v) is 7.84. The second-order valence-corrected chi connectivity index (χ2v) is 10.4. The van der Waals surface area contributed by atoms with E-state index in [1.165, 1.54) is 10.8 Å². The molecule has 0 spiro atoms. The Morgan fingerprint density at radius 1 is 0.432 bits per heavy atom. The van der Waals surface area contributed by atoms with Crippen LogP contribution in [-0.4, -0.2) is 0 Å². The first-order valence-corrected chi connectivity index (χ1v) is 13.1. The molecule has 8 aromatic rings. The number of furan rings is 2. The van der Waals surface area contributed by atoms with E-state index in [0.29, 0.717) is 0 Å². The van der Waals surface area contributed by atoms with Gasteiger partial charge < -0.3 is 8.83 Å². The molecule has 0 bridgehead atoms. The van der Waals surface area contributed by atoms with Gasteiger partial charge in [0.15, 0.2) is 0 Å². The predicted molar refractivity (Wildman–Crippen MR) is 157 cm³/mol. The molecule has 174 valence electrons. The molecule has 0 amide bonds. The minimum Gasteiger partial charge on any atom is -0.456 e. The largest absolute Gasteiger partial charge is 0.456 e. The summed E-state index contributed by atoms with van der Waals surface area (Å²) in [4.78, 5) is 0. The fourth-order valence-electron chi connectivity index (χ4n) is 5.52. The highest BCUT2D eigenvalue weighted by atomic mass is 79.9. The molecule has 0 N–H and O–H groups in total. The van der Waals surface area contributed by atoms with Crippen molar-refractivity contribution in [2.45, 2.75) is 0 Å². The van der Waals surface area contributed by atoms with Crippen LogP contribution in [0.5, 0.6) is 0 Å². The number of fused-ring (bicyclic) bond motifs is 7. The summed E-state index contributed by atoms with van der Waals surface area (Å²) in [5, 5.41) is 6.92. The molecular formula is C34H19BrO2. The Labute approximate surface area is 220 Å². The lowest BCUT2D eigenvalue weighted by Gasteiger charge is -2.09. The van der Waals surface area contributed by atoms with Crippen molar-refractivity contribution in [1.82, 2.24) is 0 Å². The molecule has 0 aliphatic heterocycles. The van der Waals surface area contributed by atoms with Crippen LogP contribution in [0, 0.1) is 0 Å². The lowest BCUT2D eigenvalue weighted by Crippen LogP contribution is -1.84. The van der Waals surface area contributed by atoms with Gasteiger partial charge in [0.1, 0.15) is 22.3 Å². The van der Waals surface area contributed by atoms with E-state index in [1.807, 2.05) is 12.1 Å². The van der Waals surface area contributed by atoms with Crippen molar-refractivity contribution in [2.24, 2.45) is 0 Å². The van der Waals surface area contributed by atoms with Crippen molar-refractivity contribution in [2.75, 3.05) is 0 Å². The van der Waals surface area contributed by atoms with Gasteiger partial charge >= 0.3 is 0 Å². The van der Waals surface area contributed by atoms with E-state index in [0.717, 1.165) is 70.6 Å². The zero-order valence-electron chi connectivity index (χ0n) is 19.7. The van der Waals surface area contributed by atoms with E-state index >= 15 is 0 Å². The van der Waals surface area contributed by atoms with Gasteiger partial charge in [-0.25, -0.2) is 0 Å². The number of benzene rings is 6. The highest BCUT2D eigenvalue weighted by Gasteiger charge is 2.17. The lowest BCUT2D eigenvalue weighted by molar-refractivity contribution is 0.668. The summed E-state index contributed by atoms with van der Waals surface area (Å²) in [5.74, 6) is 0. The first kappa shape index (κ1) is 20.8. The second kappa shape index (κ2) is 7.83. The van der Waals surface area contributed by atoms with Gasteiger partial charge in [0.05, 0.1) is 0 Å². The summed E-state index contributed by atoms with van der Waals surface area (Å²) < 4.78 is 13.8. The normalized spacial score (nSPS) is 11.9. The minimum absolute atomic E-state index is 0.880. The molecule has 0 fully saturated rings. The topological polar surface area (TPSA) is 26.3 Å². The van der Waals surface area contributed by atoms with E-state index in [4.69, 9.17) is 8.83 Å². The van der Waals surface area contributed by atoms with Gasteiger partial charge in [0, 0.05) is 26.0 Å². The Morgan fingerprint density at radius 2 is 1.08 bits per heavy atom. The highest BCUT2D eigenvalue weighted by Crippen LogP contribution is 2.42. The lowest BCUT2D eigenvalue weighted by atomic mass is 9.93. The predicted octanol–water partition coefficient (Wildman–Crippen LogP) is 10.7. The van der Waals surface area contributed by atoms with Gasteiger partial charge in [0.25, 0.3) is 0 Å². The quantitative estimate of drug-likeness (QED) is 0.218. The number of rotatable bonds is 2. The van der Waals surface area contributed by atoms with Crippen molar-refractivity contribution < 1.29 is 8.83 Å². The van der Waals surface area contributed by atoms with Crippen LogP contribution in [0.2, 0.25) is 0 Å². The molecule has 2 heterocycles. The van der Waals surface area contributed by atoms with Crippen LogP contribution in [0.4, 0.5) is 0 Å². The Balaban J connectivity index is 1.42. The first-order chi connectivity index (χ1) is 18.2. The summed E-state index contributed by atoms with van der Waals surface area (Å²) in [7, 11) is 0. The van der Waals surface area contributed by atoms with E-state index < -0.39 is 0 Å². The standard InChI is InChI=1S/C34H19BrO2/c35-25-12-9-20(10-13-25)28-16-24(23-11-14-27-26-7-3-4-8-30(26)36-31(27)18-23)19-33-34(28)29-15-21-5-1-2-6-22(21)17-32(29)37-33/h1-19H. The van der Waals surface area contributed by atoms with E-state index in [-0.39, 0.29) is 0 Å². The molecule has 2 nitrogen and oxygen atoms in total. The van der Waals surface area contributed by atoms with E-state index in [1.54, 1.807) is 0 Å². The molecule has 0 saturated heterocycles. The molecule has 0 radical (unpaired) electrons. The van der Waals surface area contributed by atoms with Crippen molar-refractivity contribution >= 4 is 70.6 Å². The molecule has 0 aliphatic carbocycles. The SMILES string of the molecule is Brc1ccc(-c2cc(-c3ccc4c(c3)oc3ccccc34)cc3oc4cc5ccccc5cc4c23)cc1. The molecule has 0 atom stereocenters. The summed E-state index contributed by atoms with van der Waals surface area (Å²) in [5.41, 5.74) is 8.07. The van der Waals surface area contributed by atoms with Gasteiger partial charge in [-0.05, 0) is 87.6 Å². The Morgan fingerprint density at radius 3 is 1.95 bits per heavy atom. The van der Waals surface area contributed by atoms with Gasteiger partial charge in [0.2, 0.25) is 0 Å². The maximum atomic E-state index is 6.51. The Bertz CT molecular complexity index is 2150. The number of hydrogen-bond acceptors (Lipinski definition) is 2. The van der Waals surface area contributed by atoms with Gasteiger partial charge in [-0.2, -0.15) is 0 Å². The number of hydrogen-bond donors (Lipinski definition) is 0. The average molecular weight is 539 g/mol. The summed E-state index contributed by atoms with van der Waals surface area (Å²) in [6, 6.07) is 40.4. The van der Waals surface area contributed by atoms with Gasteiger partial charge in [-0.1, -0.05) is 76.6 Å². The number of halogens is 1. The maximum absolute atomic E-state index is 6.51. The van der Waals surface area contributed by atoms with Crippen molar-refractivity contribution in [3.8, 4) is 22.3 Å². The van der Waals surface area contributed by atoms with Crippen LogP contribution < -0.4 is 0 Å². The summed E-state index contributed by atoms with van der Waals surface area (Å²) in [6.07, 6.45) is 0. The second-order valence-electron chi connectivity index (χ2n) is 9.51. The van der Waals surface area contributed by atoms with Crippen molar-refractivity contribution in [3.05, 3.63) is 120 Å². The Hall–Kier alpha value is -4.34. The zero-order chi connectivity index (χ0) is 24.5. The molecule has 8 rings (SSSR count). The third-order valence-electron chi connectivity index (χ3n) is 7.31. The third kappa shape index (κ3) is 3.24. The van der Waals surface area contributed by atoms with Crippen LogP contribution >= 0.6 is 15.9 Å². The zero-order valence-corrected chi connectivity index (χ0v) is 21.3. The van der Waals surface area contributed by atoms with Crippen molar-refractivity contribution in [1.29, 1.82) is 0 Å². The van der Waals surface area contributed by atoms with Gasteiger partial charge in [-0.3, -0.25) is 0 Å². The van der Waals surface area contributed by atoms with E-state index in [9.17, 15) is 0 Å². The molecule has 0 saturated carbocycles. The molecular weight excluding hydrogens is 520 g/mol. The maximum Gasteiger partial charge on any atom is 0.136 e. The molecule has 6 aromatic carbocycles. The summed E-state index contributed by atoms with van der Waals surface area (Å²) in [6.45, 7) is 0. The molecule has 3 heteroatoms. The van der Waals surface area contributed by atoms with Crippen LogP contribution in [-0.2, 0) is 0 Å². The highest BCUT2D eigenvalue weighted by molar-refractivity contribution is 9.10. The summed E-state index contributed by atoms with van der Waals surface area (Å²) >= 11 is 3.59. The monoisotopic (exact) mass is 538 g/mol. The van der Waals surface area contributed by atoms with E-state index in [2.05, 4.69) is 119 Å². The fourth-order valence-corrected chi connectivity index (χ4v) is 5.79. The molecule has 2 aromatic heterocycles. The number of para-hydroxylation sites is 1. The van der Waals surface area contributed by atoms with Crippen LogP contribution in [0.15, 0.2) is 129 Å². The van der Waals surface area contributed by atoms with Crippen LogP contribution in [0.1, 0.15) is 0 Å².